The number of ether oxygens (including phenoxy) is 1. The zero-order valence-corrected chi connectivity index (χ0v) is 13.3. The van der Waals surface area contributed by atoms with Gasteiger partial charge in [0, 0.05) is 19.0 Å². The fourth-order valence-electron chi connectivity index (χ4n) is 3.21. The number of carbonyl (C=O) groups excluding carboxylic acids is 1. The molecule has 1 unspecified atom stereocenters. The lowest BCUT2D eigenvalue weighted by atomic mass is 9.84. The number of carbonyl (C=O) groups is 1. The quantitative estimate of drug-likeness (QED) is 0.928. The fourth-order valence-corrected chi connectivity index (χ4v) is 3.21. The van der Waals surface area contributed by atoms with Crippen molar-refractivity contribution in [3.63, 3.8) is 0 Å². The molecular formula is C18H24FNO3. The lowest BCUT2D eigenvalue weighted by Crippen LogP contribution is -2.41. The summed E-state index contributed by atoms with van der Waals surface area (Å²) < 4.78 is 18.5. The van der Waals surface area contributed by atoms with Gasteiger partial charge in [0.1, 0.15) is 23.8 Å². The zero-order chi connectivity index (χ0) is 16.3. The van der Waals surface area contributed by atoms with Crippen molar-refractivity contribution in [2.24, 2.45) is 5.92 Å². The van der Waals surface area contributed by atoms with Crippen LogP contribution in [0, 0.1) is 11.7 Å². The summed E-state index contributed by atoms with van der Waals surface area (Å²) in [6.45, 7) is 1.47. The van der Waals surface area contributed by atoms with Gasteiger partial charge in [-0.15, -0.1) is 0 Å². The van der Waals surface area contributed by atoms with Gasteiger partial charge in [-0.05, 0) is 56.4 Å². The van der Waals surface area contributed by atoms with Crippen molar-refractivity contribution in [3.05, 3.63) is 30.1 Å². The van der Waals surface area contributed by atoms with Crippen LogP contribution in [0.2, 0.25) is 0 Å². The van der Waals surface area contributed by atoms with Crippen molar-refractivity contribution in [2.45, 2.75) is 44.1 Å². The van der Waals surface area contributed by atoms with Crippen LogP contribution in [0.15, 0.2) is 24.3 Å². The van der Waals surface area contributed by atoms with Gasteiger partial charge in [-0.1, -0.05) is 6.42 Å². The molecule has 1 saturated heterocycles. The molecule has 1 saturated carbocycles. The topological polar surface area (TPSA) is 49.8 Å². The normalized spacial score (nSPS) is 25.6. The van der Waals surface area contributed by atoms with E-state index in [-0.39, 0.29) is 24.2 Å². The van der Waals surface area contributed by atoms with Crippen molar-refractivity contribution in [3.8, 4) is 5.75 Å². The minimum atomic E-state index is -0.928. The summed E-state index contributed by atoms with van der Waals surface area (Å²) in [7, 11) is 0. The summed E-state index contributed by atoms with van der Waals surface area (Å²) in [5, 5.41) is 10.7. The number of likely N-dealkylation sites (tertiary alicyclic amines) is 1. The predicted molar refractivity (Wildman–Crippen MR) is 84.6 cm³/mol. The first-order valence-corrected chi connectivity index (χ1v) is 8.45. The Bertz CT molecular complexity index is 544. The Morgan fingerprint density at radius 1 is 1.22 bits per heavy atom. The molecule has 1 atom stereocenters. The second kappa shape index (κ2) is 6.87. The molecule has 0 radical (unpaired) electrons. The number of aliphatic hydroxyl groups is 1. The summed E-state index contributed by atoms with van der Waals surface area (Å²) in [6.07, 6.45) is 5.08. The maximum absolute atomic E-state index is 12.9. The molecule has 1 aromatic rings. The van der Waals surface area contributed by atoms with Crippen molar-refractivity contribution in [1.82, 2.24) is 4.90 Å². The van der Waals surface area contributed by atoms with Crippen molar-refractivity contribution in [2.75, 3.05) is 19.7 Å². The molecule has 23 heavy (non-hydrogen) atoms. The minimum absolute atomic E-state index is 0.171. The van der Waals surface area contributed by atoms with E-state index < -0.39 is 5.60 Å². The molecule has 2 aliphatic rings. The average Bonchev–Trinajstić information content (AvgIpc) is 2.67. The van der Waals surface area contributed by atoms with Gasteiger partial charge in [-0.3, -0.25) is 4.79 Å². The molecule has 4 nitrogen and oxygen atoms in total. The monoisotopic (exact) mass is 321 g/mol. The number of amides is 1. The summed E-state index contributed by atoms with van der Waals surface area (Å²) in [4.78, 5) is 14.2. The molecule has 5 heteroatoms. The van der Waals surface area contributed by atoms with Crippen LogP contribution in [-0.2, 0) is 4.79 Å². The standard InChI is InChI=1S/C18H24FNO3/c19-15-5-7-16(8-6-15)23-13-18(22)9-2-11-20(12-10-18)17(21)14-3-1-4-14/h5-8,14,22H,1-4,9-13H2. The third-order valence-corrected chi connectivity index (χ3v) is 5.00. The SMILES string of the molecule is O=C(C1CCC1)N1CCCC(O)(COc2ccc(F)cc2)CC1. The van der Waals surface area contributed by atoms with Crippen LogP contribution in [0.5, 0.6) is 5.75 Å². The number of hydrogen-bond donors (Lipinski definition) is 1. The maximum atomic E-state index is 12.9. The van der Waals surface area contributed by atoms with Gasteiger partial charge < -0.3 is 14.7 Å². The Balaban J connectivity index is 1.53. The van der Waals surface area contributed by atoms with Gasteiger partial charge in [0.05, 0.1) is 0 Å². The van der Waals surface area contributed by atoms with Crippen LogP contribution in [0.25, 0.3) is 0 Å². The van der Waals surface area contributed by atoms with E-state index in [1.54, 1.807) is 12.1 Å². The van der Waals surface area contributed by atoms with Crippen LogP contribution in [0.1, 0.15) is 38.5 Å². The van der Waals surface area contributed by atoms with Crippen LogP contribution >= 0.6 is 0 Å². The Morgan fingerprint density at radius 3 is 2.61 bits per heavy atom. The molecule has 2 fully saturated rings. The van der Waals surface area contributed by atoms with Crippen LogP contribution in [-0.4, -0.2) is 41.2 Å². The lowest BCUT2D eigenvalue weighted by Gasteiger charge is -2.31. The van der Waals surface area contributed by atoms with Crippen LogP contribution in [0.3, 0.4) is 0 Å². The first-order valence-electron chi connectivity index (χ1n) is 8.45. The Kier molecular flexibility index (Phi) is 4.85. The Morgan fingerprint density at radius 2 is 1.96 bits per heavy atom. The second-order valence-electron chi connectivity index (χ2n) is 6.77. The molecule has 1 amide bonds. The Labute approximate surface area is 136 Å². The number of rotatable bonds is 4. The van der Waals surface area contributed by atoms with E-state index in [1.807, 2.05) is 4.90 Å². The average molecular weight is 321 g/mol. The molecule has 1 aliphatic carbocycles. The highest BCUT2D eigenvalue weighted by atomic mass is 19.1. The van der Waals surface area contributed by atoms with Gasteiger partial charge in [0.15, 0.2) is 0 Å². The number of halogens is 1. The molecule has 1 aliphatic heterocycles. The lowest BCUT2D eigenvalue weighted by molar-refractivity contribution is -0.138. The number of nitrogens with zero attached hydrogens (tertiary/aromatic N) is 1. The van der Waals surface area contributed by atoms with Crippen molar-refractivity contribution < 1.29 is 19.0 Å². The predicted octanol–water partition coefficient (Wildman–Crippen LogP) is 2.75. The van der Waals surface area contributed by atoms with E-state index in [0.717, 1.165) is 25.7 Å². The highest BCUT2D eigenvalue weighted by Gasteiger charge is 2.35. The van der Waals surface area contributed by atoms with Gasteiger partial charge in [-0.25, -0.2) is 4.39 Å². The van der Waals surface area contributed by atoms with Crippen molar-refractivity contribution >= 4 is 5.91 Å². The highest BCUT2D eigenvalue weighted by Crippen LogP contribution is 2.30. The van der Waals surface area contributed by atoms with Gasteiger partial charge in [-0.2, -0.15) is 0 Å². The van der Waals surface area contributed by atoms with E-state index in [4.69, 9.17) is 4.74 Å². The van der Waals surface area contributed by atoms with E-state index in [1.165, 1.54) is 12.1 Å². The van der Waals surface area contributed by atoms with Gasteiger partial charge in [0.25, 0.3) is 0 Å². The van der Waals surface area contributed by atoms with Crippen molar-refractivity contribution in [1.29, 1.82) is 0 Å². The fraction of sp³-hybridized carbons (Fsp3) is 0.611. The smallest absolute Gasteiger partial charge is 0.225 e. The molecular weight excluding hydrogens is 297 g/mol. The molecule has 126 valence electrons. The third-order valence-electron chi connectivity index (χ3n) is 5.00. The largest absolute Gasteiger partial charge is 0.491 e. The first kappa shape index (κ1) is 16.2. The van der Waals surface area contributed by atoms with Crippen LogP contribution in [0.4, 0.5) is 4.39 Å². The number of hydrogen-bond acceptors (Lipinski definition) is 3. The third kappa shape index (κ3) is 4.02. The maximum Gasteiger partial charge on any atom is 0.225 e. The molecule has 3 rings (SSSR count). The van der Waals surface area contributed by atoms with E-state index in [0.29, 0.717) is 31.7 Å². The van der Waals surface area contributed by atoms with E-state index in [9.17, 15) is 14.3 Å². The first-order chi connectivity index (χ1) is 11.1. The molecule has 1 aromatic carbocycles. The molecule has 0 spiro atoms. The highest BCUT2D eigenvalue weighted by molar-refractivity contribution is 5.79. The Hall–Kier alpha value is -1.62. The summed E-state index contributed by atoms with van der Waals surface area (Å²) in [6, 6.07) is 5.79. The summed E-state index contributed by atoms with van der Waals surface area (Å²) in [5.74, 6) is 0.693. The van der Waals surface area contributed by atoms with E-state index in [2.05, 4.69) is 0 Å². The second-order valence-corrected chi connectivity index (χ2v) is 6.77. The zero-order valence-electron chi connectivity index (χ0n) is 13.3. The van der Waals surface area contributed by atoms with Crippen LogP contribution < -0.4 is 4.74 Å². The molecule has 1 N–H and O–H groups in total. The summed E-state index contributed by atoms with van der Waals surface area (Å²) in [5.41, 5.74) is -0.928. The number of benzene rings is 1. The van der Waals surface area contributed by atoms with Gasteiger partial charge >= 0.3 is 0 Å². The molecule has 1 heterocycles. The summed E-state index contributed by atoms with van der Waals surface area (Å²) >= 11 is 0. The minimum Gasteiger partial charge on any atom is -0.491 e. The van der Waals surface area contributed by atoms with Gasteiger partial charge in [0.2, 0.25) is 5.91 Å². The van der Waals surface area contributed by atoms with E-state index >= 15 is 0 Å². The molecule has 0 bridgehead atoms. The molecule has 0 aromatic heterocycles.